The van der Waals surface area contributed by atoms with E-state index in [1.54, 1.807) is 36.7 Å². The first-order chi connectivity index (χ1) is 17.8. The molecule has 1 heterocycles. The summed E-state index contributed by atoms with van der Waals surface area (Å²) in [5.74, 6) is -0.219. The summed E-state index contributed by atoms with van der Waals surface area (Å²) in [5, 5.41) is 8.85. The second-order valence-corrected chi connectivity index (χ2v) is 8.59. The second kappa shape index (κ2) is 9.98. The van der Waals surface area contributed by atoms with Crippen molar-refractivity contribution in [2.45, 2.75) is 18.8 Å². The highest BCUT2D eigenvalue weighted by Gasteiger charge is 2.32. The Morgan fingerprint density at radius 3 is 2.78 bits per heavy atom. The molecule has 0 bridgehead atoms. The number of nitrogens with zero attached hydrogens (tertiary/aromatic N) is 3. The molecule has 1 atom stereocenters. The molecule has 0 saturated heterocycles. The molecule has 1 aliphatic rings. The van der Waals surface area contributed by atoms with Gasteiger partial charge in [0.1, 0.15) is 5.76 Å². The van der Waals surface area contributed by atoms with E-state index in [1.807, 2.05) is 34.9 Å². The lowest BCUT2D eigenvalue weighted by atomic mass is 10.0. The number of anilines is 1. The fourth-order valence-electron chi connectivity index (χ4n) is 4.07. The van der Waals surface area contributed by atoms with Gasteiger partial charge in [0.05, 0.1) is 40.3 Å². The number of halogens is 4. The van der Waals surface area contributed by atoms with Crippen LogP contribution in [-0.4, -0.2) is 28.2 Å². The molecule has 2 amide bonds. The number of urea groups is 1. The molecule has 188 valence electrons. The second-order valence-electron chi connectivity index (χ2n) is 8.19. The Morgan fingerprint density at radius 2 is 2.03 bits per heavy atom. The van der Waals surface area contributed by atoms with Crippen LogP contribution in [0.3, 0.4) is 0 Å². The van der Waals surface area contributed by atoms with Crippen LogP contribution in [0.4, 0.5) is 23.7 Å². The number of rotatable bonds is 5. The number of hydrogen-bond acceptors (Lipinski definition) is 4. The smallest absolute Gasteiger partial charge is 0.406 e. The topological polar surface area (TPSA) is 80.5 Å². The van der Waals surface area contributed by atoms with Crippen molar-refractivity contribution >= 4 is 51.3 Å². The number of imidazole rings is 1. The number of para-hydroxylation sites is 1. The lowest BCUT2D eigenvalue weighted by Crippen LogP contribution is -2.24. The summed E-state index contributed by atoms with van der Waals surface area (Å²) < 4.78 is 43.2. The molecule has 2 N–H and O–H groups in total. The Morgan fingerprint density at radius 1 is 1.19 bits per heavy atom. The maximum absolute atomic E-state index is 12.4. The molecule has 1 aliphatic carbocycles. The predicted octanol–water partition coefficient (Wildman–Crippen LogP) is 6.92. The van der Waals surface area contributed by atoms with Crippen molar-refractivity contribution in [3.63, 3.8) is 0 Å². The number of benzene rings is 3. The van der Waals surface area contributed by atoms with Crippen molar-refractivity contribution in [3.8, 4) is 0 Å². The van der Waals surface area contributed by atoms with Crippen molar-refractivity contribution in [1.29, 1.82) is 0 Å². The van der Waals surface area contributed by atoms with Crippen LogP contribution in [0.2, 0.25) is 5.02 Å². The van der Waals surface area contributed by atoms with Crippen LogP contribution in [0, 0.1) is 0 Å². The number of aromatic nitrogens is 2. The summed E-state index contributed by atoms with van der Waals surface area (Å²) in [5.41, 5.74) is 5.27. The number of alkyl halides is 3. The number of nitrogens with one attached hydrogen (secondary N) is 2. The third-order valence-corrected chi connectivity index (χ3v) is 6.05. The van der Waals surface area contributed by atoms with Gasteiger partial charge in [-0.15, -0.1) is 13.2 Å². The Kier molecular flexibility index (Phi) is 6.58. The van der Waals surface area contributed by atoms with Crippen molar-refractivity contribution in [1.82, 2.24) is 15.0 Å². The van der Waals surface area contributed by atoms with E-state index in [-0.39, 0.29) is 11.8 Å². The Labute approximate surface area is 213 Å². The molecule has 0 aliphatic heterocycles. The molecule has 37 heavy (non-hydrogen) atoms. The van der Waals surface area contributed by atoms with Gasteiger partial charge in [-0.05, 0) is 53.8 Å². The van der Waals surface area contributed by atoms with Gasteiger partial charge in [-0.3, -0.25) is 0 Å². The van der Waals surface area contributed by atoms with Gasteiger partial charge in [0, 0.05) is 5.39 Å². The summed E-state index contributed by atoms with van der Waals surface area (Å²) in [6, 6.07) is 15.7. The summed E-state index contributed by atoms with van der Waals surface area (Å²) >= 11 is 6.03. The minimum absolute atomic E-state index is 0.183. The summed E-state index contributed by atoms with van der Waals surface area (Å²) in [4.78, 5) is 16.6. The summed E-state index contributed by atoms with van der Waals surface area (Å²) in [7, 11) is 0. The standard InChI is InChI=1S/C26H19ClF3N5O2/c27-21-3-1-2-4-22(21)33-25(36)34-32-14-16-5-11-20-17(13-16)6-12-23-24(20)31-15-35(23)18-7-9-19(10-8-18)37-26(28,29)30/h1-7,9-15,18H,8H2,(H2,33,34,36)/b32-14+. The zero-order valence-electron chi connectivity index (χ0n) is 19.0. The van der Waals surface area contributed by atoms with E-state index in [9.17, 15) is 18.0 Å². The van der Waals surface area contributed by atoms with Gasteiger partial charge in [-0.1, -0.05) is 48.0 Å². The van der Waals surface area contributed by atoms with Gasteiger partial charge >= 0.3 is 12.4 Å². The van der Waals surface area contributed by atoms with Crippen LogP contribution in [0.15, 0.2) is 90.0 Å². The molecular formula is C26H19ClF3N5O2. The van der Waals surface area contributed by atoms with Gasteiger partial charge in [0.25, 0.3) is 0 Å². The highest BCUT2D eigenvalue weighted by molar-refractivity contribution is 6.33. The van der Waals surface area contributed by atoms with Crippen molar-refractivity contribution in [2.75, 3.05) is 5.32 Å². The van der Waals surface area contributed by atoms with Crippen LogP contribution < -0.4 is 10.7 Å². The molecule has 0 fully saturated rings. The quantitative estimate of drug-likeness (QED) is 0.219. The first-order valence-corrected chi connectivity index (χ1v) is 11.5. The average molecular weight is 526 g/mol. The van der Waals surface area contributed by atoms with E-state index in [1.165, 1.54) is 18.4 Å². The van der Waals surface area contributed by atoms with Crippen LogP contribution in [-0.2, 0) is 4.74 Å². The number of ether oxygens (including phenoxy) is 1. The first kappa shape index (κ1) is 24.4. The maximum atomic E-state index is 12.4. The van der Waals surface area contributed by atoms with Crippen LogP contribution in [0.25, 0.3) is 21.8 Å². The lowest BCUT2D eigenvalue weighted by molar-refractivity contribution is -0.303. The molecule has 5 rings (SSSR count). The fourth-order valence-corrected chi connectivity index (χ4v) is 4.26. The van der Waals surface area contributed by atoms with Crippen molar-refractivity contribution in [2.24, 2.45) is 5.10 Å². The first-order valence-electron chi connectivity index (χ1n) is 11.1. The molecule has 3 aromatic carbocycles. The van der Waals surface area contributed by atoms with Crippen LogP contribution in [0.1, 0.15) is 18.0 Å². The number of fused-ring (bicyclic) bond motifs is 3. The van der Waals surface area contributed by atoms with E-state index in [0.717, 1.165) is 27.4 Å². The van der Waals surface area contributed by atoms with Gasteiger partial charge in [-0.25, -0.2) is 15.2 Å². The minimum atomic E-state index is -4.72. The summed E-state index contributed by atoms with van der Waals surface area (Å²) in [6.07, 6.45) is 3.24. The highest BCUT2D eigenvalue weighted by Crippen LogP contribution is 2.31. The molecule has 4 aromatic rings. The molecule has 1 aromatic heterocycles. The molecule has 0 radical (unpaired) electrons. The normalized spacial score (nSPS) is 15.8. The highest BCUT2D eigenvalue weighted by atomic mass is 35.5. The Bertz CT molecular complexity index is 1580. The van der Waals surface area contributed by atoms with Crippen LogP contribution in [0.5, 0.6) is 0 Å². The van der Waals surface area contributed by atoms with E-state index in [2.05, 4.69) is 25.6 Å². The van der Waals surface area contributed by atoms with E-state index in [0.29, 0.717) is 17.1 Å². The molecule has 1 unspecified atom stereocenters. The van der Waals surface area contributed by atoms with Gasteiger partial charge < -0.3 is 14.6 Å². The number of amides is 2. The number of carbonyl (C=O) groups excluding carboxylic acids is 1. The third-order valence-electron chi connectivity index (χ3n) is 5.72. The van der Waals surface area contributed by atoms with E-state index < -0.39 is 12.4 Å². The van der Waals surface area contributed by atoms with Crippen molar-refractivity contribution in [3.05, 3.63) is 95.5 Å². The Hall–Kier alpha value is -4.31. The number of hydrogen-bond donors (Lipinski definition) is 2. The average Bonchev–Trinajstić information content (AvgIpc) is 3.29. The number of allylic oxidation sites excluding steroid dienone is 3. The van der Waals surface area contributed by atoms with E-state index in [4.69, 9.17) is 11.6 Å². The SMILES string of the molecule is O=C(N/N=C/c1ccc2c(ccc3c2ncn3C2C=CC(OC(F)(F)F)=CC2)c1)Nc1ccccc1Cl. The largest absolute Gasteiger partial charge is 0.573 e. The maximum Gasteiger partial charge on any atom is 0.573 e. The zero-order valence-corrected chi connectivity index (χ0v) is 19.8. The molecule has 0 saturated carbocycles. The molecule has 7 nitrogen and oxygen atoms in total. The van der Waals surface area contributed by atoms with Gasteiger partial charge in [0.15, 0.2) is 0 Å². The van der Waals surface area contributed by atoms with Gasteiger partial charge in [0.2, 0.25) is 0 Å². The van der Waals surface area contributed by atoms with Gasteiger partial charge in [-0.2, -0.15) is 5.10 Å². The molecule has 0 spiro atoms. The molecular weight excluding hydrogens is 507 g/mol. The minimum Gasteiger partial charge on any atom is -0.406 e. The summed E-state index contributed by atoms with van der Waals surface area (Å²) in [6.45, 7) is 0. The number of hydrazone groups is 1. The monoisotopic (exact) mass is 525 g/mol. The van der Waals surface area contributed by atoms with Crippen LogP contribution >= 0.6 is 11.6 Å². The molecule has 11 heteroatoms. The predicted molar refractivity (Wildman–Crippen MR) is 136 cm³/mol. The fraction of sp³-hybridized carbons (Fsp3) is 0.115. The van der Waals surface area contributed by atoms with Crippen molar-refractivity contribution < 1.29 is 22.7 Å². The third kappa shape index (κ3) is 5.59. The zero-order chi connectivity index (χ0) is 26.0. The van der Waals surface area contributed by atoms with E-state index >= 15 is 0 Å². The number of carbonyl (C=O) groups is 1. The lowest BCUT2D eigenvalue weighted by Gasteiger charge is -2.19. The Balaban J connectivity index is 1.29.